The molecule has 4 heteroatoms. The first-order chi connectivity index (χ1) is 6.74. The third-order valence-electron chi connectivity index (χ3n) is 2.13. The summed E-state index contributed by atoms with van der Waals surface area (Å²) in [5.41, 5.74) is 2.43. The van der Waals surface area contributed by atoms with Gasteiger partial charge in [-0.15, -0.1) is 0 Å². The van der Waals surface area contributed by atoms with Crippen molar-refractivity contribution in [2.75, 3.05) is 12.4 Å². The van der Waals surface area contributed by atoms with Crippen LogP contribution in [0.1, 0.15) is 12.5 Å². The molecular formula is C10H11BrN2S. The molecule has 0 aliphatic carbocycles. The lowest BCUT2D eigenvalue weighted by molar-refractivity contribution is 1.15. The molecule has 0 spiro atoms. The average Bonchev–Trinajstić information content (AvgIpc) is 2.59. The van der Waals surface area contributed by atoms with E-state index in [-0.39, 0.29) is 0 Å². The van der Waals surface area contributed by atoms with Crippen molar-refractivity contribution < 1.29 is 0 Å². The number of aromatic nitrogens is 1. The van der Waals surface area contributed by atoms with Crippen LogP contribution in [-0.2, 0) is 6.42 Å². The Labute approximate surface area is 95.5 Å². The van der Waals surface area contributed by atoms with Crippen LogP contribution in [0.4, 0.5) is 5.13 Å². The van der Waals surface area contributed by atoms with Gasteiger partial charge in [-0.3, -0.25) is 0 Å². The van der Waals surface area contributed by atoms with Gasteiger partial charge in [-0.25, -0.2) is 4.98 Å². The lowest BCUT2D eigenvalue weighted by atomic mass is 10.1. The summed E-state index contributed by atoms with van der Waals surface area (Å²) in [6.07, 6.45) is 1.02. The van der Waals surface area contributed by atoms with Gasteiger partial charge in [-0.2, -0.15) is 0 Å². The normalized spacial score (nSPS) is 10.8. The third kappa shape index (κ3) is 1.64. The molecule has 1 aromatic heterocycles. The Morgan fingerprint density at radius 3 is 2.93 bits per heavy atom. The second-order valence-electron chi connectivity index (χ2n) is 3.03. The van der Waals surface area contributed by atoms with Crippen LogP contribution in [0.15, 0.2) is 16.6 Å². The van der Waals surface area contributed by atoms with Crippen LogP contribution in [0.25, 0.3) is 10.2 Å². The molecule has 14 heavy (non-hydrogen) atoms. The summed E-state index contributed by atoms with van der Waals surface area (Å²) in [4.78, 5) is 4.53. The van der Waals surface area contributed by atoms with Crippen molar-refractivity contribution in [1.29, 1.82) is 0 Å². The fourth-order valence-electron chi connectivity index (χ4n) is 1.44. The van der Waals surface area contributed by atoms with Crippen LogP contribution < -0.4 is 5.32 Å². The van der Waals surface area contributed by atoms with E-state index in [1.165, 1.54) is 10.3 Å². The number of aryl methyl sites for hydroxylation is 1. The highest BCUT2D eigenvalue weighted by molar-refractivity contribution is 9.10. The molecule has 1 heterocycles. The van der Waals surface area contributed by atoms with Crippen LogP contribution in [-0.4, -0.2) is 12.0 Å². The zero-order valence-electron chi connectivity index (χ0n) is 8.10. The monoisotopic (exact) mass is 270 g/mol. The number of anilines is 1. The topological polar surface area (TPSA) is 24.9 Å². The molecule has 0 saturated heterocycles. The summed E-state index contributed by atoms with van der Waals surface area (Å²) in [6.45, 7) is 2.15. The number of thiazole rings is 1. The van der Waals surface area contributed by atoms with Crippen molar-refractivity contribution in [1.82, 2.24) is 4.98 Å². The first kappa shape index (κ1) is 9.93. The number of benzene rings is 1. The molecule has 0 aliphatic heterocycles. The number of halogens is 1. The molecule has 0 unspecified atom stereocenters. The summed E-state index contributed by atoms with van der Waals surface area (Å²) in [5.74, 6) is 0. The number of fused-ring (bicyclic) bond motifs is 1. The van der Waals surface area contributed by atoms with E-state index in [0.29, 0.717) is 0 Å². The first-order valence-corrected chi connectivity index (χ1v) is 6.12. The standard InChI is InChI=1S/C10H11BrN2S/c1-3-6-4-7(11)5-8-9(6)13-10(12-2)14-8/h4-5H,3H2,1-2H3,(H,12,13). The number of hydrogen-bond donors (Lipinski definition) is 1. The molecule has 0 atom stereocenters. The van der Waals surface area contributed by atoms with Crippen molar-refractivity contribution in [3.63, 3.8) is 0 Å². The van der Waals surface area contributed by atoms with Gasteiger partial charge in [0.15, 0.2) is 5.13 Å². The average molecular weight is 271 g/mol. The highest BCUT2D eigenvalue weighted by atomic mass is 79.9. The van der Waals surface area contributed by atoms with Gasteiger partial charge in [0.25, 0.3) is 0 Å². The van der Waals surface area contributed by atoms with Gasteiger partial charge in [-0.05, 0) is 24.1 Å². The van der Waals surface area contributed by atoms with Gasteiger partial charge in [0.05, 0.1) is 10.2 Å². The maximum atomic E-state index is 4.53. The van der Waals surface area contributed by atoms with E-state index >= 15 is 0 Å². The number of rotatable bonds is 2. The Kier molecular flexibility index (Phi) is 2.74. The van der Waals surface area contributed by atoms with Crippen LogP contribution in [0.5, 0.6) is 0 Å². The zero-order valence-corrected chi connectivity index (χ0v) is 10.5. The molecule has 0 saturated carbocycles. The van der Waals surface area contributed by atoms with Crippen molar-refractivity contribution in [3.05, 3.63) is 22.2 Å². The summed E-state index contributed by atoms with van der Waals surface area (Å²) < 4.78 is 2.37. The Bertz CT molecular complexity index is 464. The minimum atomic E-state index is 0.979. The predicted molar refractivity (Wildman–Crippen MR) is 66.2 cm³/mol. The molecule has 0 bridgehead atoms. The summed E-state index contributed by atoms with van der Waals surface area (Å²) in [7, 11) is 1.90. The molecule has 1 aromatic carbocycles. The van der Waals surface area contributed by atoms with E-state index in [9.17, 15) is 0 Å². The molecule has 2 aromatic rings. The van der Waals surface area contributed by atoms with Gasteiger partial charge in [-0.1, -0.05) is 34.2 Å². The predicted octanol–water partition coefficient (Wildman–Crippen LogP) is 3.66. The summed E-state index contributed by atoms with van der Waals surface area (Å²) in [5, 5.41) is 4.06. The molecule has 2 rings (SSSR count). The van der Waals surface area contributed by atoms with Crippen LogP contribution in [0, 0.1) is 0 Å². The van der Waals surface area contributed by atoms with Gasteiger partial charge < -0.3 is 5.32 Å². The van der Waals surface area contributed by atoms with Crippen LogP contribution in [0.2, 0.25) is 0 Å². The largest absolute Gasteiger partial charge is 0.365 e. The number of nitrogens with one attached hydrogen (secondary N) is 1. The first-order valence-electron chi connectivity index (χ1n) is 4.51. The molecule has 0 radical (unpaired) electrons. The molecule has 1 N–H and O–H groups in total. The van der Waals surface area contributed by atoms with E-state index in [4.69, 9.17) is 0 Å². The molecule has 0 amide bonds. The van der Waals surface area contributed by atoms with E-state index in [1.54, 1.807) is 11.3 Å². The SMILES string of the molecule is CCc1cc(Br)cc2sc(NC)nc12. The van der Waals surface area contributed by atoms with Crippen molar-refractivity contribution >= 4 is 42.6 Å². The quantitative estimate of drug-likeness (QED) is 0.901. The van der Waals surface area contributed by atoms with Crippen molar-refractivity contribution in [3.8, 4) is 0 Å². The van der Waals surface area contributed by atoms with Gasteiger partial charge in [0, 0.05) is 11.5 Å². The highest BCUT2D eigenvalue weighted by Crippen LogP contribution is 2.31. The minimum Gasteiger partial charge on any atom is -0.365 e. The van der Waals surface area contributed by atoms with E-state index in [2.05, 4.69) is 45.3 Å². The fraction of sp³-hybridized carbons (Fsp3) is 0.300. The molecule has 74 valence electrons. The Morgan fingerprint density at radius 2 is 2.29 bits per heavy atom. The molecule has 0 fully saturated rings. The second-order valence-corrected chi connectivity index (χ2v) is 4.98. The second kappa shape index (κ2) is 3.87. The number of nitrogens with zero attached hydrogens (tertiary/aromatic N) is 1. The highest BCUT2D eigenvalue weighted by Gasteiger charge is 2.07. The van der Waals surface area contributed by atoms with E-state index in [1.807, 2.05) is 7.05 Å². The van der Waals surface area contributed by atoms with Gasteiger partial charge in [0.1, 0.15) is 0 Å². The summed E-state index contributed by atoms with van der Waals surface area (Å²) >= 11 is 5.20. The Hall–Kier alpha value is -0.610. The Balaban J connectivity index is 2.71. The maximum absolute atomic E-state index is 4.53. The zero-order chi connectivity index (χ0) is 10.1. The lowest BCUT2D eigenvalue weighted by Gasteiger charge is -1.98. The number of hydrogen-bond acceptors (Lipinski definition) is 3. The fourth-order valence-corrected chi connectivity index (χ4v) is 3.00. The minimum absolute atomic E-state index is 0.979. The summed E-state index contributed by atoms with van der Waals surface area (Å²) in [6, 6.07) is 4.26. The third-order valence-corrected chi connectivity index (χ3v) is 3.61. The van der Waals surface area contributed by atoms with E-state index in [0.717, 1.165) is 21.5 Å². The van der Waals surface area contributed by atoms with Gasteiger partial charge in [0.2, 0.25) is 0 Å². The van der Waals surface area contributed by atoms with Crippen LogP contribution in [0.3, 0.4) is 0 Å². The molecule has 0 aliphatic rings. The molecule has 2 nitrogen and oxygen atoms in total. The molecular weight excluding hydrogens is 260 g/mol. The van der Waals surface area contributed by atoms with Crippen molar-refractivity contribution in [2.24, 2.45) is 0 Å². The lowest BCUT2D eigenvalue weighted by Crippen LogP contribution is -1.86. The van der Waals surface area contributed by atoms with Crippen molar-refractivity contribution in [2.45, 2.75) is 13.3 Å². The van der Waals surface area contributed by atoms with Gasteiger partial charge >= 0.3 is 0 Å². The maximum Gasteiger partial charge on any atom is 0.183 e. The Morgan fingerprint density at radius 1 is 1.50 bits per heavy atom. The van der Waals surface area contributed by atoms with E-state index < -0.39 is 0 Å². The van der Waals surface area contributed by atoms with Crippen LogP contribution >= 0.6 is 27.3 Å². The smallest absolute Gasteiger partial charge is 0.183 e.